The first kappa shape index (κ1) is 20.6. The standard InChI is InChI=1S/C23H29N5O2S/c1-12-15(11-29)9-17(20(12)30)26-21-19(22-27-16-5-3-4-6-18(16)31-22)13(2)25-23(28-21)24-10-14-7-8-14/h3-6,12,14-15,17,20,29-30H,7-11H2,1-2H3,(H2,24,25,26,28)/t12-,15-,17-,20-/m1/s1. The number of fused-ring (bicyclic) bond motifs is 1. The number of hydrogen-bond acceptors (Lipinski definition) is 8. The monoisotopic (exact) mass is 439 g/mol. The van der Waals surface area contributed by atoms with E-state index in [2.05, 4.69) is 16.7 Å². The maximum absolute atomic E-state index is 10.8. The number of aliphatic hydroxyl groups excluding tert-OH is 2. The van der Waals surface area contributed by atoms with Gasteiger partial charge in [-0.25, -0.2) is 9.97 Å². The molecule has 2 aromatic heterocycles. The van der Waals surface area contributed by atoms with Gasteiger partial charge in [0.15, 0.2) is 0 Å². The summed E-state index contributed by atoms with van der Waals surface area (Å²) >= 11 is 1.62. The molecule has 0 amide bonds. The molecule has 7 nitrogen and oxygen atoms in total. The summed E-state index contributed by atoms with van der Waals surface area (Å²) < 4.78 is 1.12. The van der Waals surface area contributed by atoms with Crippen LogP contribution in [0.4, 0.5) is 11.8 Å². The second kappa shape index (κ2) is 8.33. The summed E-state index contributed by atoms with van der Waals surface area (Å²) in [7, 11) is 0. The highest BCUT2D eigenvalue weighted by Gasteiger charge is 2.40. The summed E-state index contributed by atoms with van der Waals surface area (Å²) in [5.74, 6) is 2.13. The van der Waals surface area contributed by atoms with E-state index < -0.39 is 6.10 Å². The fourth-order valence-corrected chi connectivity index (χ4v) is 5.50. The predicted molar refractivity (Wildman–Crippen MR) is 124 cm³/mol. The van der Waals surface area contributed by atoms with Gasteiger partial charge >= 0.3 is 0 Å². The van der Waals surface area contributed by atoms with Gasteiger partial charge in [-0.15, -0.1) is 11.3 Å². The number of anilines is 2. The SMILES string of the molecule is Cc1nc(NCC2CC2)nc(N[C@@H]2C[C@H](CO)[C@@H](C)[C@H]2O)c1-c1nc2ccccc2s1. The molecule has 3 aromatic rings. The lowest BCUT2D eigenvalue weighted by Gasteiger charge is -2.21. The third-order valence-corrected chi connectivity index (χ3v) is 7.71. The lowest BCUT2D eigenvalue weighted by Crippen LogP contribution is -2.32. The number of benzene rings is 1. The third kappa shape index (κ3) is 4.12. The molecule has 5 rings (SSSR count). The van der Waals surface area contributed by atoms with E-state index in [-0.39, 0.29) is 24.5 Å². The molecule has 2 aliphatic rings. The van der Waals surface area contributed by atoms with E-state index in [0.717, 1.165) is 33.0 Å². The molecule has 2 fully saturated rings. The molecule has 2 saturated carbocycles. The third-order valence-electron chi connectivity index (χ3n) is 6.65. The van der Waals surface area contributed by atoms with E-state index in [0.29, 0.717) is 24.1 Å². The second-order valence-corrected chi connectivity index (χ2v) is 9.98. The smallest absolute Gasteiger partial charge is 0.224 e. The second-order valence-electron chi connectivity index (χ2n) is 8.95. The minimum atomic E-state index is -0.543. The molecule has 2 aliphatic carbocycles. The Bertz CT molecular complexity index is 1050. The van der Waals surface area contributed by atoms with Gasteiger partial charge in [0.05, 0.1) is 33.6 Å². The summed E-state index contributed by atoms with van der Waals surface area (Å²) in [4.78, 5) is 14.4. The van der Waals surface area contributed by atoms with Crippen LogP contribution in [-0.2, 0) is 0 Å². The largest absolute Gasteiger partial charge is 0.396 e. The molecule has 4 atom stereocenters. The highest BCUT2D eigenvalue weighted by atomic mass is 32.1. The molecular weight excluding hydrogens is 410 g/mol. The van der Waals surface area contributed by atoms with Crippen LogP contribution in [0.2, 0.25) is 0 Å². The van der Waals surface area contributed by atoms with Gasteiger partial charge in [0.2, 0.25) is 5.95 Å². The Balaban J connectivity index is 1.52. The molecule has 31 heavy (non-hydrogen) atoms. The van der Waals surface area contributed by atoms with Crippen molar-refractivity contribution in [3.05, 3.63) is 30.0 Å². The highest BCUT2D eigenvalue weighted by Crippen LogP contribution is 2.39. The highest BCUT2D eigenvalue weighted by molar-refractivity contribution is 7.21. The van der Waals surface area contributed by atoms with Crippen LogP contribution in [0.15, 0.2) is 24.3 Å². The Hall–Kier alpha value is -2.29. The summed E-state index contributed by atoms with van der Waals surface area (Å²) in [6.45, 7) is 4.95. The van der Waals surface area contributed by atoms with Crippen molar-refractivity contribution >= 4 is 33.3 Å². The molecule has 0 aliphatic heterocycles. The van der Waals surface area contributed by atoms with Gasteiger partial charge in [0.1, 0.15) is 10.8 Å². The van der Waals surface area contributed by atoms with E-state index in [9.17, 15) is 10.2 Å². The van der Waals surface area contributed by atoms with Gasteiger partial charge < -0.3 is 20.8 Å². The van der Waals surface area contributed by atoms with Crippen LogP contribution in [0.5, 0.6) is 0 Å². The Morgan fingerprint density at radius 2 is 1.97 bits per heavy atom. The quantitative estimate of drug-likeness (QED) is 0.445. The van der Waals surface area contributed by atoms with Crippen molar-refractivity contribution in [2.45, 2.75) is 45.3 Å². The lowest BCUT2D eigenvalue weighted by atomic mass is 9.98. The van der Waals surface area contributed by atoms with Crippen molar-refractivity contribution in [2.75, 3.05) is 23.8 Å². The molecule has 2 heterocycles. The molecule has 4 N–H and O–H groups in total. The fourth-order valence-electron chi connectivity index (χ4n) is 4.44. The number of rotatable bonds is 7. The number of aliphatic hydroxyl groups is 2. The first-order valence-corrected chi connectivity index (χ1v) is 11.9. The van der Waals surface area contributed by atoms with Crippen molar-refractivity contribution < 1.29 is 10.2 Å². The number of hydrogen-bond donors (Lipinski definition) is 4. The van der Waals surface area contributed by atoms with Gasteiger partial charge in [0, 0.05) is 13.2 Å². The normalized spacial score (nSPS) is 25.8. The Morgan fingerprint density at radius 1 is 1.16 bits per heavy atom. The first-order valence-electron chi connectivity index (χ1n) is 11.1. The number of aromatic nitrogens is 3. The van der Waals surface area contributed by atoms with Gasteiger partial charge in [-0.05, 0) is 56.1 Å². The van der Waals surface area contributed by atoms with Crippen LogP contribution in [-0.4, -0.2) is 50.5 Å². The molecular formula is C23H29N5O2S. The maximum atomic E-state index is 10.8. The summed E-state index contributed by atoms with van der Waals surface area (Å²) in [5, 5.41) is 28.2. The van der Waals surface area contributed by atoms with E-state index >= 15 is 0 Å². The van der Waals surface area contributed by atoms with Crippen LogP contribution in [0.25, 0.3) is 20.8 Å². The van der Waals surface area contributed by atoms with Gasteiger partial charge in [-0.1, -0.05) is 19.1 Å². The minimum absolute atomic E-state index is 0.0313. The van der Waals surface area contributed by atoms with Gasteiger partial charge in [-0.3, -0.25) is 0 Å². The number of aryl methyl sites for hydroxylation is 1. The zero-order chi connectivity index (χ0) is 21.5. The summed E-state index contributed by atoms with van der Waals surface area (Å²) in [6.07, 6.45) is 2.68. The average Bonchev–Trinajstić information content (AvgIpc) is 3.44. The summed E-state index contributed by atoms with van der Waals surface area (Å²) in [5.41, 5.74) is 2.69. The molecule has 0 unspecified atom stereocenters. The van der Waals surface area contributed by atoms with Crippen molar-refractivity contribution in [3.8, 4) is 10.6 Å². The van der Waals surface area contributed by atoms with Crippen LogP contribution >= 0.6 is 11.3 Å². The Labute approximate surface area is 186 Å². The Kier molecular flexibility index (Phi) is 5.54. The zero-order valence-corrected chi connectivity index (χ0v) is 18.7. The number of nitrogens with zero attached hydrogens (tertiary/aromatic N) is 3. The van der Waals surface area contributed by atoms with E-state index in [1.54, 1.807) is 11.3 Å². The van der Waals surface area contributed by atoms with Crippen molar-refractivity contribution in [1.82, 2.24) is 15.0 Å². The zero-order valence-electron chi connectivity index (χ0n) is 17.9. The van der Waals surface area contributed by atoms with Crippen molar-refractivity contribution in [2.24, 2.45) is 17.8 Å². The number of thiazole rings is 1. The van der Waals surface area contributed by atoms with Gasteiger partial charge in [0.25, 0.3) is 0 Å². The van der Waals surface area contributed by atoms with Crippen LogP contribution in [0.1, 0.15) is 31.9 Å². The number of para-hydroxylation sites is 1. The van der Waals surface area contributed by atoms with E-state index in [1.165, 1.54) is 12.8 Å². The summed E-state index contributed by atoms with van der Waals surface area (Å²) in [6, 6.07) is 7.91. The molecule has 0 radical (unpaired) electrons. The predicted octanol–water partition coefficient (Wildman–Crippen LogP) is 3.67. The van der Waals surface area contributed by atoms with E-state index in [4.69, 9.17) is 15.0 Å². The average molecular weight is 440 g/mol. The number of nitrogens with one attached hydrogen (secondary N) is 2. The molecule has 0 spiro atoms. The first-order chi connectivity index (χ1) is 15.0. The van der Waals surface area contributed by atoms with E-state index in [1.807, 2.05) is 32.0 Å². The molecule has 0 saturated heterocycles. The van der Waals surface area contributed by atoms with Gasteiger partial charge in [-0.2, -0.15) is 4.98 Å². The van der Waals surface area contributed by atoms with Crippen molar-refractivity contribution in [1.29, 1.82) is 0 Å². The molecule has 8 heteroatoms. The Morgan fingerprint density at radius 3 is 2.68 bits per heavy atom. The van der Waals surface area contributed by atoms with Crippen LogP contribution in [0, 0.1) is 24.7 Å². The topological polar surface area (TPSA) is 103 Å². The fraction of sp³-hybridized carbons (Fsp3) is 0.522. The maximum Gasteiger partial charge on any atom is 0.224 e. The lowest BCUT2D eigenvalue weighted by molar-refractivity contribution is 0.103. The minimum Gasteiger partial charge on any atom is -0.396 e. The molecule has 1 aromatic carbocycles. The van der Waals surface area contributed by atoms with Crippen LogP contribution < -0.4 is 10.6 Å². The molecule has 164 valence electrons. The van der Waals surface area contributed by atoms with Crippen LogP contribution in [0.3, 0.4) is 0 Å². The van der Waals surface area contributed by atoms with Crippen molar-refractivity contribution in [3.63, 3.8) is 0 Å². The molecule has 0 bridgehead atoms.